The van der Waals surface area contributed by atoms with Crippen molar-refractivity contribution in [1.29, 1.82) is 0 Å². The third kappa shape index (κ3) is 3.37. The average Bonchev–Trinajstić information content (AvgIpc) is 3.18. The lowest BCUT2D eigenvalue weighted by Crippen LogP contribution is -2.16. The van der Waals surface area contributed by atoms with Gasteiger partial charge in [-0.05, 0) is 53.2 Å². The van der Waals surface area contributed by atoms with E-state index in [1.54, 1.807) is 0 Å². The number of phenolic OH excluding ortho intramolecular Hbond substituents is 1. The summed E-state index contributed by atoms with van der Waals surface area (Å²) >= 11 is 0. The molecule has 0 amide bonds. The molecule has 0 aromatic heterocycles. The highest BCUT2D eigenvalue weighted by atomic mass is 16.3. The summed E-state index contributed by atoms with van der Waals surface area (Å²) in [5.74, 6) is 1.88. The van der Waals surface area contributed by atoms with Gasteiger partial charge in [0, 0.05) is 0 Å². The topological polar surface area (TPSA) is 20.2 Å². The van der Waals surface area contributed by atoms with Crippen molar-refractivity contribution < 1.29 is 5.11 Å². The van der Waals surface area contributed by atoms with E-state index in [9.17, 15) is 5.11 Å². The van der Waals surface area contributed by atoms with Gasteiger partial charge in [-0.1, -0.05) is 60.6 Å². The third-order valence-corrected chi connectivity index (χ3v) is 4.77. The number of hydrogen-bond acceptors (Lipinski definition) is 1. The zero-order valence-corrected chi connectivity index (χ0v) is 14.4. The Hall–Kier alpha value is -0.980. The number of aryl methyl sites for hydroxylation is 1. The van der Waals surface area contributed by atoms with Gasteiger partial charge in [0.1, 0.15) is 5.75 Å². The van der Waals surface area contributed by atoms with Gasteiger partial charge in [-0.3, -0.25) is 0 Å². The SMILES string of the molecule is CC.CCc1cc(C(C)(C)CC)cc(C2CC2C)c1O. The average molecular weight is 276 g/mol. The molecule has 1 aliphatic carbocycles. The number of rotatable bonds is 4. The molecule has 1 aliphatic rings. The van der Waals surface area contributed by atoms with Gasteiger partial charge in [0.05, 0.1) is 0 Å². The molecule has 0 aliphatic heterocycles. The van der Waals surface area contributed by atoms with Crippen LogP contribution in [0.25, 0.3) is 0 Å². The standard InChI is InChI=1S/C17H26O.C2H6/c1-6-12-9-13(17(4,5)7-2)10-15(16(12)18)14-8-11(14)3;1-2/h9-11,14,18H,6-8H2,1-5H3;1-2H3. The van der Waals surface area contributed by atoms with Crippen LogP contribution in [0.5, 0.6) is 5.75 Å². The normalized spacial score (nSPS) is 21.1. The van der Waals surface area contributed by atoms with Gasteiger partial charge in [0.15, 0.2) is 0 Å². The lowest BCUT2D eigenvalue weighted by Gasteiger charge is -2.25. The first-order valence-corrected chi connectivity index (χ1v) is 8.27. The number of benzene rings is 1. The Bertz CT molecular complexity index is 445. The first kappa shape index (κ1) is 17.1. The molecular weight excluding hydrogens is 244 g/mol. The maximum Gasteiger partial charge on any atom is 0.122 e. The van der Waals surface area contributed by atoms with E-state index in [0.29, 0.717) is 11.7 Å². The van der Waals surface area contributed by atoms with Crippen LogP contribution in [0.4, 0.5) is 0 Å². The fourth-order valence-corrected chi connectivity index (χ4v) is 2.62. The van der Waals surface area contributed by atoms with Crippen molar-refractivity contribution in [3.05, 3.63) is 28.8 Å². The molecule has 2 unspecified atom stereocenters. The predicted octanol–water partition coefficient (Wildman–Crippen LogP) is 5.79. The number of phenols is 1. The summed E-state index contributed by atoms with van der Waals surface area (Å²) in [6.45, 7) is 15.2. The Morgan fingerprint density at radius 2 is 1.75 bits per heavy atom. The van der Waals surface area contributed by atoms with Crippen molar-refractivity contribution in [2.75, 3.05) is 0 Å². The molecule has 2 atom stereocenters. The molecule has 0 radical (unpaired) electrons. The highest BCUT2D eigenvalue weighted by Gasteiger charge is 2.37. The van der Waals surface area contributed by atoms with E-state index in [2.05, 4.69) is 46.8 Å². The first-order chi connectivity index (χ1) is 9.40. The van der Waals surface area contributed by atoms with Gasteiger partial charge in [-0.15, -0.1) is 0 Å². The van der Waals surface area contributed by atoms with Crippen LogP contribution < -0.4 is 0 Å². The molecule has 1 fully saturated rings. The minimum atomic E-state index is 0.199. The second-order valence-corrected chi connectivity index (χ2v) is 6.48. The van der Waals surface area contributed by atoms with E-state index in [0.717, 1.165) is 24.3 Å². The molecule has 0 heterocycles. The summed E-state index contributed by atoms with van der Waals surface area (Å²) in [7, 11) is 0. The van der Waals surface area contributed by atoms with Gasteiger partial charge in [-0.25, -0.2) is 0 Å². The Balaban J connectivity index is 0.000000956. The molecule has 0 bridgehead atoms. The van der Waals surface area contributed by atoms with E-state index >= 15 is 0 Å². The summed E-state index contributed by atoms with van der Waals surface area (Å²) in [6.07, 6.45) is 3.26. The summed E-state index contributed by atoms with van der Waals surface area (Å²) in [4.78, 5) is 0. The van der Waals surface area contributed by atoms with E-state index in [4.69, 9.17) is 0 Å². The van der Waals surface area contributed by atoms with Crippen LogP contribution >= 0.6 is 0 Å². The second kappa shape index (κ2) is 6.65. The molecule has 1 nitrogen and oxygen atoms in total. The van der Waals surface area contributed by atoms with Crippen LogP contribution in [0.1, 0.15) is 83.9 Å². The molecule has 0 spiro atoms. The zero-order chi connectivity index (χ0) is 15.5. The third-order valence-electron chi connectivity index (χ3n) is 4.77. The predicted molar refractivity (Wildman–Crippen MR) is 88.7 cm³/mol. The first-order valence-electron chi connectivity index (χ1n) is 8.27. The summed E-state index contributed by atoms with van der Waals surface area (Å²) in [6, 6.07) is 4.46. The van der Waals surface area contributed by atoms with Crippen molar-refractivity contribution in [2.24, 2.45) is 5.92 Å². The van der Waals surface area contributed by atoms with Gasteiger partial charge in [0.2, 0.25) is 0 Å². The lowest BCUT2D eigenvalue weighted by atomic mass is 9.80. The zero-order valence-electron chi connectivity index (χ0n) is 14.4. The van der Waals surface area contributed by atoms with E-state index in [1.807, 2.05) is 13.8 Å². The highest BCUT2D eigenvalue weighted by Crippen LogP contribution is 2.51. The van der Waals surface area contributed by atoms with Crippen LogP contribution in [0, 0.1) is 5.92 Å². The summed E-state index contributed by atoms with van der Waals surface area (Å²) in [5.41, 5.74) is 3.89. The second-order valence-electron chi connectivity index (χ2n) is 6.48. The van der Waals surface area contributed by atoms with E-state index < -0.39 is 0 Å². The molecule has 1 aromatic rings. The fraction of sp³-hybridized carbons (Fsp3) is 0.684. The quantitative estimate of drug-likeness (QED) is 0.737. The van der Waals surface area contributed by atoms with Gasteiger partial charge in [0.25, 0.3) is 0 Å². The van der Waals surface area contributed by atoms with Gasteiger partial charge >= 0.3 is 0 Å². The molecule has 2 rings (SSSR count). The van der Waals surface area contributed by atoms with Crippen molar-refractivity contribution >= 4 is 0 Å². The minimum Gasteiger partial charge on any atom is -0.507 e. The summed E-state index contributed by atoms with van der Waals surface area (Å²) in [5, 5.41) is 10.4. The summed E-state index contributed by atoms with van der Waals surface area (Å²) < 4.78 is 0. The Morgan fingerprint density at radius 1 is 1.20 bits per heavy atom. The van der Waals surface area contributed by atoms with Crippen molar-refractivity contribution in [3.8, 4) is 5.75 Å². The Labute approximate surface area is 125 Å². The molecular formula is C19H32O. The smallest absolute Gasteiger partial charge is 0.122 e. The highest BCUT2D eigenvalue weighted by molar-refractivity contribution is 5.49. The molecule has 1 heteroatoms. The Kier molecular flexibility index (Phi) is 5.68. The van der Waals surface area contributed by atoms with Crippen LogP contribution in [0.2, 0.25) is 0 Å². The van der Waals surface area contributed by atoms with E-state index in [-0.39, 0.29) is 5.41 Å². The van der Waals surface area contributed by atoms with E-state index in [1.165, 1.54) is 17.5 Å². The lowest BCUT2D eigenvalue weighted by molar-refractivity contribution is 0.456. The maximum atomic E-state index is 10.4. The molecule has 0 saturated heterocycles. The molecule has 20 heavy (non-hydrogen) atoms. The minimum absolute atomic E-state index is 0.199. The number of aromatic hydroxyl groups is 1. The monoisotopic (exact) mass is 276 g/mol. The molecule has 1 N–H and O–H groups in total. The molecule has 114 valence electrons. The van der Waals surface area contributed by atoms with Gasteiger partial charge < -0.3 is 5.11 Å². The van der Waals surface area contributed by atoms with Gasteiger partial charge in [-0.2, -0.15) is 0 Å². The largest absolute Gasteiger partial charge is 0.507 e. The van der Waals surface area contributed by atoms with Crippen LogP contribution in [0.15, 0.2) is 12.1 Å². The Morgan fingerprint density at radius 3 is 2.15 bits per heavy atom. The van der Waals surface area contributed by atoms with Crippen molar-refractivity contribution in [2.45, 2.75) is 79.1 Å². The fourth-order valence-electron chi connectivity index (χ4n) is 2.62. The molecule has 1 aromatic carbocycles. The van der Waals surface area contributed by atoms with Crippen LogP contribution in [-0.2, 0) is 11.8 Å². The molecule has 1 saturated carbocycles. The maximum absolute atomic E-state index is 10.4. The van der Waals surface area contributed by atoms with Crippen LogP contribution in [-0.4, -0.2) is 5.11 Å². The van der Waals surface area contributed by atoms with Crippen molar-refractivity contribution in [3.63, 3.8) is 0 Å². The van der Waals surface area contributed by atoms with Crippen LogP contribution in [0.3, 0.4) is 0 Å². The van der Waals surface area contributed by atoms with Crippen molar-refractivity contribution in [1.82, 2.24) is 0 Å². The number of hydrogen-bond donors (Lipinski definition) is 1.